The summed E-state index contributed by atoms with van der Waals surface area (Å²) < 4.78 is 0. The number of carbonyl (C=O) groups is 1. The minimum absolute atomic E-state index is 0.0983. The molecule has 1 amide bonds. The van der Waals surface area contributed by atoms with Crippen LogP contribution in [0.25, 0.3) is 11.2 Å². The number of benzene rings is 1. The molecule has 5 nitrogen and oxygen atoms in total. The van der Waals surface area contributed by atoms with Crippen molar-refractivity contribution < 1.29 is 4.79 Å². The third kappa shape index (κ3) is 4.01. The fourth-order valence-electron chi connectivity index (χ4n) is 2.24. The third-order valence-corrected chi connectivity index (χ3v) is 4.80. The van der Waals surface area contributed by atoms with Gasteiger partial charge in [0.25, 0.3) is 0 Å². The predicted molar refractivity (Wildman–Crippen MR) is 97.6 cm³/mol. The number of hydrogen-bond donors (Lipinski definition) is 2. The van der Waals surface area contributed by atoms with Gasteiger partial charge in [0.2, 0.25) is 5.91 Å². The van der Waals surface area contributed by atoms with Crippen molar-refractivity contribution in [3.05, 3.63) is 52.1 Å². The van der Waals surface area contributed by atoms with Crippen LogP contribution < -0.4 is 5.32 Å². The summed E-state index contributed by atoms with van der Waals surface area (Å²) in [6.07, 6.45) is 1.54. The zero-order chi connectivity index (χ0) is 17.1. The van der Waals surface area contributed by atoms with Crippen LogP contribution in [0.5, 0.6) is 0 Å². The molecule has 3 rings (SSSR count). The van der Waals surface area contributed by atoms with E-state index in [2.05, 4.69) is 20.3 Å². The highest BCUT2D eigenvalue weighted by atomic mass is 35.5. The van der Waals surface area contributed by atoms with Gasteiger partial charge in [-0.05, 0) is 24.6 Å². The van der Waals surface area contributed by atoms with Crippen molar-refractivity contribution in [2.24, 2.45) is 0 Å². The number of carbonyl (C=O) groups excluding carboxylic acids is 1. The number of rotatable bonds is 5. The topological polar surface area (TPSA) is 70.7 Å². The second kappa shape index (κ2) is 7.42. The number of thioether (sulfide) groups is 1. The van der Waals surface area contributed by atoms with Crippen LogP contribution in [0.15, 0.2) is 41.7 Å². The van der Waals surface area contributed by atoms with Crippen molar-refractivity contribution in [2.75, 3.05) is 5.75 Å². The number of nitrogens with one attached hydrogen (secondary N) is 2. The zero-order valence-corrected chi connectivity index (χ0v) is 15.0. The Morgan fingerprint density at radius 3 is 2.96 bits per heavy atom. The molecule has 124 valence electrons. The van der Waals surface area contributed by atoms with E-state index in [0.717, 1.165) is 11.1 Å². The summed E-state index contributed by atoms with van der Waals surface area (Å²) >= 11 is 13.3. The van der Waals surface area contributed by atoms with Crippen LogP contribution in [0.4, 0.5) is 0 Å². The van der Waals surface area contributed by atoms with Crippen LogP contribution in [0, 0.1) is 0 Å². The number of hydrogen-bond acceptors (Lipinski definition) is 4. The highest BCUT2D eigenvalue weighted by molar-refractivity contribution is 7.99. The first-order valence-corrected chi connectivity index (χ1v) is 8.95. The van der Waals surface area contributed by atoms with E-state index in [0.29, 0.717) is 20.8 Å². The number of imidazole rings is 1. The van der Waals surface area contributed by atoms with Crippen LogP contribution >= 0.6 is 35.0 Å². The molecule has 8 heteroatoms. The molecule has 3 aromatic rings. The van der Waals surface area contributed by atoms with Crippen molar-refractivity contribution in [1.82, 2.24) is 20.3 Å². The lowest BCUT2D eigenvalue weighted by Crippen LogP contribution is -2.28. The van der Waals surface area contributed by atoms with E-state index in [1.165, 1.54) is 18.0 Å². The van der Waals surface area contributed by atoms with Crippen molar-refractivity contribution in [3.8, 4) is 0 Å². The average Bonchev–Trinajstić information content (AvgIpc) is 2.95. The van der Waals surface area contributed by atoms with E-state index in [1.807, 2.05) is 25.1 Å². The lowest BCUT2D eigenvalue weighted by molar-refractivity contribution is -0.119. The van der Waals surface area contributed by atoms with Crippen LogP contribution in [0.1, 0.15) is 18.5 Å². The lowest BCUT2D eigenvalue weighted by Gasteiger charge is -2.15. The Morgan fingerprint density at radius 2 is 2.17 bits per heavy atom. The average molecular weight is 381 g/mol. The normalized spacial score (nSPS) is 12.3. The molecule has 1 atom stereocenters. The van der Waals surface area contributed by atoms with Gasteiger partial charge in [-0.2, -0.15) is 0 Å². The number of amides is 1. The molecule has 2 heterocycles. The first kappa shape index (κ1) is 17.1. The number of H-pyrrole nitrogens is 1. The van der Waals surface area contributed by atoms with E-state index in [1.54, 1.807) is 12.1 Å². The monoisotopic (exact) mass is 380 g/mol. The molecule has 0 aliphatic rings. The van der Waals surface area contributed by atoms with Gasteiger partial charge in [0, 0.05) is 11.2 Å². The van der Waals surface area contributed by atoms with Crippen LogP contribution in [-0.2, 0) is 4.79 Å². The summed E-state index contributed by atoms with van der Waals surface area (Å²) in [6.45, 7) is 1.90. The van der Waals surface area contributed by atoms with E-state index >= 15 is 0 Å². The zero-order valence-electron chi connectivity index (χ0n) is 12.7. The summed E-state index contributed by atoms with van der Waals surface area (Å²) in [7, 11) is 0. The molecule has 0 fully saturated rings. The van der Waals surface area contributed by atoms with Crippen molar-refractivity contribution in [3.63, 3.8) is 0 Å². The second-order valence-electron chi connectivity index (χ2n) is 5.17. The van der Waals surface area contributed by atoms with Gasteiger partial charge in [-0.3, -0.25) is 4.79 Å². The summed E-state index contributed by atoms with van der Waals surface area (Å²) in [5, 5.41) is 4.73. The van der Waals surface area contributed by atoms with Crippen molar-refractivity contribution in [1.29, 1.82) is 0 Å². The molecule has 1 aromatic carbocycles. The van der Waals surface area contributed by atoms with Gasteiger partial charge in [0.05, 0.1) is 22.3 Å². The fraction of sp³-hybridized carbons (Fsp3) is 0.188. The Morgan fingerprint density at radius 1 is 1.38 bits per heavy atom. The van der Waals surface area contributed by atoms with E-state index in [4.69, 9.17) is 23.2 Å². The van der Waals surface area contributed by atoms with E-state index < -0.39 is 0 Å². The minimum atomic E-state index is -0.164. The molecular weight excluding hydrogens is 367 g/mol. The Hall–Kier alpha value is -1.76. The summed E-state index contributed by atoms with van der Waals surface area (Å²) in [5.74, 6) is 0.140. The molecule has 0 spiro atoms. The van der Waals surface area contributed by atoms with Gasteiger partial charge < -0.3 is 10.3 Å². The number of halogens is 2. The predicted octanol–water partition coefficient (Wildman–Crippen LogP) is 4.23. The highest BCUT2D eigenvalue weighted by Crippen LogP contribution is 2.23. The third-order valence-electron chi connectivity index (χ3n) is 3.37. The molecule has 0 aliphatic heterocycles. The fourth-order valence-corrected chi connectivity index (χ4v) is 3.38. The van der Waals surface area contributed by atoms with Crippen LogP contribution in [0.2, 0.25) is 10.0 Å². The molecule has 0 bridgehead atoms. The van der Waals surface area contributed by atoms with Gasteiger partial charge >= 0.3 is 0 Å². The maximum Gasteiger partial charge on any atom is 0.230 e. The van der Waals surface area contributed by atoms with Gasteiger partial charge in [0.1, 0.15) is 0 Å². The standard InChI is InChI=1S/C16H14Cl2N4OS/c1-9(11-4-2-3-5-12(11)18)20-14(23)8-24-16-21-13-6-10(17)7-19-15(13)22-16/h2-7,9H,8H2,1H3,(H,20,23)(H,19,21,22)/t9-/m1/s1. The Balaban J connectivity index is 1.59. The molecule has 0 saturated carbocycles. The highest BCUT2D eigenvalue weighted by Gasteiger charge is 2.13. The van der Waals surface area contributed by atoms with Gasteiger partial charge in [-0.25, -0.2) is 9.97 Å². The number of aromatic amines is 1. The van der Waals surface area contributed by atoms with E-state index in [-0.39, 0.29) is 17.7 Å². The van der Waals surface area contributed by atoms with Crippen molar-refractivity contribution >= 4 is 52.0 Å². The molecule has 2 aromatic heterocycles. The van der Waals surface area contributed by atoms with Gasteiger partial charge in [-0.1, -0.05) is 53.2 Å². The number of pyridine rings is 1. The van der Waals surface area contributed by atoms with Crippen LogP contribution in [0.3, 0.4) is 0 Å². The smallest absolute Gasteiger partial charge is 0.230 e. The minimum Gasteiger partial charge on any atom is -0.349 e. The molecule has 24 heavy (non-hydrogen) atoms. The maximum absolute atomic E-state index is 12.1. The molecular formula is C16H14Cl2N4OS. The maximum atomic E-state index is 12.1. The number of aromatic nitrogens is 3. The quantitative estimate of drug-likeness (QED) is 0.649. The lowest BCUT2D eigenvalue weighted by atomic mass is 10.1. The number of nitrogens with zero attached hydrogens (tertiary/aromatic N) is 2. The first-order chi connectivity index (χ1) is 11.5. The van der Waals surface area contributed by atoms with Gasteiger partial charge in [-0.15, -0.1) is 0 Å². The summed E-state index contributed by atoms with van der Waals surface area (Å²) in [6, 6.07) is 9.04. The number of fused-ring (bicyclic) bond motifs is 1. The summed E-state index contributed by atoms with van der Waals surface area (Å²) in [5.41, 5.74) is 2.21. The molecule has 0 unspecified atom stereocenters. The molecule has 0 aliphatic carbocycles. The molecule has 0 saturated heterocycles. The Labute approximate surface area is 153 Å². The first-order valence-electron chi connectivity index (χ1n) is 7.21. The van der Waals surface area contributed by atoms with E-state index in [9.17, 15) is 4.79 Å². The SMILES string of the molecule is C[C@@H](NC(=O)CSc1nc2ncc(Cl)cc2[nH]1)c1ccccc1Cl. The van der Waals surface area contributed by atoms with Gasteiger partial charge in [0.15, 0.2) is 10.8 Å². The van der Waals surface area contributed by atoms with Crippen LogP contribution in [-0.4, -0.2) is 26.6 Å². The van der Waals surface area contributed by atoms with Crippen molar-refractivity contribution in [2.45, 2.75) is 18.1 Å². The molecule has 2 N–H and O–H groups in total. The second-order valence-corrected chi connectivity index (χ2v) is 6.97. The largest absolute Gasteiger partial charge is 0.349 e. The Bertz CT molecular complexity index is 883. The Kier molecular flexibility index (Phi) is 5.28. The molecule has 0 radical (unpaired) electrons. The summed E-state index contributed by atoms with van der Waals surface area (Å²) in [4.78, 5) is 23.7.